The van der Waals surface area contributed by atoms with Gasteiger partial charge in [-0.25, -0.2) is 0 Å². The molecule has 1 heterocycles. The minimum atomic E-state index is -0.236. The molecule has 1 N–H and O–H groups in total. The van der Waals surface area contributed by atoms with Gasteiger partial charge in [0.15, 0.2) is 0 Å². The molecular weight excluding hydrogens is 154 g/mol. The lowest BCUT2D eigenvalue weighted by molar-refractivity contribution is 0.475. The Kier molecular flexibility index (Phi) is 1.40. The van der Waals surface area contributed by atoms with E-state index in [4.69, 9.17) is 5.11 Å². The molecule has 0 saturated carbocycles. The second-order valence-electron chi connectivity index (χ2n) is 3.34. The first-order valence-electron chi connectivity index (χ1n) is 4.01. The molecule has 0 amide bonds. The molecule has 2 atom stereocenters. The zero-order valence-corrected chi connectivity index (χ0v) is 6.90. The van der Waals surface area contributed by atoms with Crippen molar-refractivity contribution in [3.63, 3.8) is 0 Å². The Balaban J connectivity index is 2.31. The molecule has 1 saturated heterocycles. The van der Waals surface area contributed by atoms with Gasteiger partial charge in [0, 0.05) is 12.1 Å². The van der Waals surface area contributed by atoms with Crippen molar-refractivity contribution in [1.82, 2.24) is 4.65 Å². The van der Waals surface area contributed by atoms with Crippen molar-refractivity contribution in [2.45, 2.75) is 13.0 Å². The minimum absolute atomic E-state index is 0.176. The number of benzene rings is 1. The Hall–Kier alpha value is -1.06. The molecule has 0 radical (unpaired) electrons. The van der Waals surface area contributed by atoms with Crippen molar-refractivity contribution >= 4 is 5.69 Å². The second kappa shape index (κ2) is 2.21. The van der Waals surface area contributed by atoms with Gasteiger partial charge in [0.05, 0.1) is 0 Å². The third-order valence-electron chi connectivity index (χ3n) is 2.40. The summed E-state index contributed by atoms with van der Waals surface area (Å²) in [7, 11) is 0. The van der Waals surface area contributed by atoms with Crippen molar-refractivity contribution in [3.05, 3.63) is 29.5 Å². The van der Waals surface area contributed by atoms with Gasteiger partial charge in [0.25, 0.3) is 0 Å². The first-order chi connectivity index (χ1) is 5.63. The predicted molar refractivity (Wildman–Crippen MR) is 47.6 cm³/mol. The zero-order valence-electron chi connectivity index (χ0n) is 6.90. The second-order valence-corrected chi connectivity index (χ2v) is 3.34. The Morgan fingerprint density at radius 1 is 1.42 bits per heavy atom. The quantitative estimate of drug-likeness (QED) is 0.390. The number of phenolic OH excluding ortho intramolecular Hbond substituents is 1. The molecular formula is C9H11NO2. The summed E-state index contributed by atoms with van der Waals surface area (Å²) in [5.74, 6) is 0.208. The lowest BCUT2D eigenvalue weighted by atomic mass is 10.3. The van der Waals surface area contributed by atoms with Crippen LogP contribution < -0.4 is 4.65 Å². The topological polar surface area (TPSA) is 43.3 Å². The normalized spacial score (nSPS) is 33.3. The van der Waals surface area contributed by atoms with E-state index in [-0.39, 0.29) is 16.4 Å². The van der Waals surface area contributed by atoms with Crippen LogP contribution in [-0.2, 0) is 0 Å². The maximum absolute atomic E-state index is 11.7. The first-order valence-corrected chi connectivity index (χ1v) is 4.01. The number of rotatable bonds is 1. The summed E-state index contributed by atoms with van der Waals surface area (Å²) in [6.07, 6.45) is 0. The molecule has 1 aliphatic heterocycles. The van der Waals surface area contributed by atoms with E-state index in [0.29, 0.717) is 6.54 Å². The first kappa shape index (κ1) is 7.58. The number of phenols is 1. The van der Waals surface area contributed by atoms with Crippen molar-refractivity contribution in [2.24, 2.45) is 0 Å². The molecule has 1 fully saturated rings. The van der Waals surface area contributed by atoms with E-state index >= 15 is 0 Å². The summed E-state index contributed by atoms with van der Waals surface area (Å²) in [4.78, 5) is 0. The molecule has 12 heavy (non-hydrogen) atoms. The summed E-state index contributed by atoms with van der Waals surface area (Å²) >= 11 is 0. The fraction of sp³-hybridized carbons (Fsp3) is 0.333. The molecule has 3 heteroatoms. The van der Waals surface area contributed by atoms with Crippen molar-refractivity contribution < 1.29 is 5.11 Å². The highest BCUT2D eigenvalue weighted by atomic mass is 16.6. The fourth-order valence-electron chi connectivity index (χ4n) is 1.41. The van der Waals surface area contributed by atoms with Crippen molar-refractivity contribution in [3.8, 4) is 5.75 Å². The Bertz CT molecular complexity index is 296. The number of hydroxylamine groups is 2. The number of hydrogen-bond donors (Lipinski definition) is 1. The number of hydrogen-bond acceptors (Lipinski definition) is 2. The number of quaternary nitrogens is 1. The Morgan fingerprint density at radius 2 is 1.92 bits per heavy atom. The van der Waals surface area contributed by atoms with Crippen LogP contribution in [0.3, 0.4) is 0 Å². The third kappa shape index (κ3) is 0.983. The number of nitrogens with zero attached hydrogens (tertiary/aromatic N) is 1. The van der Waals surface area contributed by atoms with E-state index in [9.17, 15) is 5.21 Å². The SMILES string of the molecule is CC1C[N+]1([O-])c1ccc(O)cc1. The van der Waals surface area contributed by atoms with Crippen LogP contribution in [0.1, 0.15) is 6.92 Å². The van der Waals surface area contributed by atoms with Crippen molar-refractivity contribution in [2.75, 3.05) is 6.54 Å². The molecule has 0 bridgehead atoms. The van der Waals surface area contributed by atoms with Crippen LogP contribution in [0.5, 0.6) is 5.75 Å². The Labute approximate surface area is 71.0 Å². The predicted octanol–water partition coefficient (Wildman–Crippen LogP) is 1.60. The highest BCUT2D eigenvalue weighted by molar-refractivity contribution is 5.51. The fourth-order valence-corrected chi connectivity index (χ4v) is 1.41. The van der Waals surface area contributed by atoms with Crippen LogP contribution in [0.4, 0.5) is 5.69 Å². The van der Waals surface area contributed by atoms with Gasteiger partial charge in [-0.3, -0.25) is 0 Å². The maximum atomic E-state index is 11.7. The van der Waals surface area contributed by atoms with E-state index in [1.54, 1.807) is 24.3 Å². The summed E-state index contributed by atoms with van der Waals surface area (Å²) in [6.45, 7) is 2.59. The summed E-state index contributed by atoms with van der Waals surface area (Å²) in [5.41, 5.74) is 0.736. The van der Waals surface area contributed by atoms with Crippen LogP contribution in [-0.4, -0.2) is 17.7 Å². The Morgan fingerprint density at radius 3 is 2.33 bits per heavy atom. The van der Waals surface area contributed by atoms with Gasteiger partial charge in [-0.05, 0) is 19.1 Å². The van der Waals surface area contributed by atoms with E-state index in [1.807, 2.05) is 6.92 Å². The molecule has 64 valence electrons. The third-order valence-corrected chi connectivity index (χ3v) is 2.40. The number of aromatic hydroxyl groups is 1. The summed E-state index contributed by atoms with van der Waals surface area (Å²) in [5, 5.41) is 20.7. The average molecular weight is 165 g/mol. The average Bonchev–Trinajstić information content (AvgIpc) is 2.62. The highest BCUT2D eigenvalue weighted by Gasteiger charge is 2.45. The van der Waals surface area contributed by atoms with Crippen molar-refractivity contribution in [1.29, 1.82) is 0 Å². The molecule has 2 unspecified atom stereocenters. The monoisotopic (exact) mass is 165 g/mol. The largest absolute Gasteiger partial charge is 0.627 e. The van der Waals surface area contributed by atoms with Gasteiger partial charge in [-0.2, -0.15) is 0 Å². The van der Waals surface area contributed by atoms with Gasteiger partial charge in [-0.15, -0.1) is 0 Å². The van der Waals surface area contributed by atoms with Crippen LogP contribution >= 0.6 is 0 Å². The van der Waals surface area contributed by atoms with Crippen LogP contribution in [0.25, 0.3) is 0 Å². The molecule has 1 aromatic rings. The molecule has 0 spiro atoms. The lowest BCUT2D eigenvalue weighted by Gasteiger charge is -2.22. The van der Waals surface area contributed by atoms with Gasteiger partial charge >= 0.3 is 0 Å². The van der Waals surface area contributed by atoms with Gasteiger partial charge in [0.2, 0.25) is 0 Å². The standard InChI is InChI=1S/C9H11NO2/c1-7-6-10(7,12)8-2-4-9(11)5-3-8/h2-5,7,11H,6H2,1H3. The molecule has 3 nitrogen and oxygen atoms in total. The minimum Gasteiger partial charge on any atom is -0.627 e. The molecule has 0 aliphatic carbocycles. The molecule has 0 aromatic heterocycles. The summed E-state index contributed by atoms with van der Waals surface area (Å²) < 4.78 is -0.236. The van der Waals surface area contributed by atoms with Gasteiger partial charge in [-0.1, -0.05) is 0 Å². The maximum Gasteiger partial charge on any atom is 0.141 e. The smallest absolute Gasteiger partial charge is 0.141 e. The molecule has 2 rings (SSSR count). The highest BCUT2D eigenvalue weighted by Crippen LogP contribution is 2.37. The van der Waals surface area contributed by atoms with E-state index in [2.05, 4.69) is 0 Å². The lowest BCUT2D eigenvalue weighted by Crippen LogP contribution is -2.18. The van der Waals surface area contributed by atoms with E-state index < -0.39 is 0 Å². The van der Waals surface area contributed by atoms with Crippen LogP contribution in [0, 0.1) is 5.21 Å². The molecule has 1 aliphatic rings. The van der Waals surface area contributed by atoms with E-state index in [0.717, 1.165) is 5.69 Å². The van der Waals surface area contributed by atoms with Crippen LogP contribution in [0.2, 0.25) is 0 Å². The van der Waals surface area contributed by atoms with Crippen LogP contribution in [0.15, 0.2) is 24.3 Å². The van der Waals surface area contributed by atoms with Gasteiger partial charge < -0.3 is 15.0 Å². The summed E-state index contributed by atoms with van der Waals surface area (Å²) in [6, 6.07) is 6.66. The van der Waals surface area contributed by atoms with E-state index in [1.165, 1.54) is 0 Å². The molecule has 1 aromatic carbocycles. The zero-order chi connectivity index (χ0) is 8.77. The van der Waals surface area contributed by atoms with Gasteiger partial charge in [0.1, 0.15) is 24.0 Å².